The van der Waals surface area contributed by atoms with Crippen LogP contribution in [0.4, 0.5) is 0 Å². The van der Waals surface area contributed by atoms with E-state index in [1.807, 2.05) is 24.7 Å². The van der Waals surface area contributed by atoms with E-state index in [1.54, 1.807) is 7.11 Å². The van der Waals surface area contributed by atoms with Crippen LogP contribution in [0.3, 0.4) is 0 Å². The van der Waals surface area contributed by atoms with Gasteiger partial charge in [0, 0.05) is 25.8 Å². The first kappa shape index (κ1) is 15.5. The lowest BCUT2D eigenvalue weighted by Gasteiger charge is -2.27. The van der Waals surface area contributed by atoms with Crippen LogP contribution in [0, 0.1) is 0 Å². The van der Waals surface area contributed by atoms with E-state index < -0.39 is 0 Å². The van der Waals surface area contributed by atoms with Gasteiger partial charge in [0.05, 0.1) is 25.2 Å². The summed E-state index contributed by atoms with van der Waals surface area (Å²) >= 11 is 0. The first-order chi connectivity index (χ1) is 10.2. The van der Waals surface area contributed by atoms with E-state index in [-0.39, 0.29) is 6.04 Å². The number of hydrogen-bond donors (Lipinski definition) is 1. The van der Waals surface area contributed by atoms with Gasteiger partial charge in [-0.2, -0.15) is 0 Å². The number of ether oxygens (including phenoxy) is 1. The van der Waals surface area contributed by atoms with Gasteiger partial charge in [0.25, 0.3) is 0 Å². The minimum Gasteiger partial charge on any atom is -0.497 e. The largest absolute Gasteiger partial charge is 0.497 e. The molecule has 2 N–H and O–H groups in total. The summed E-state index contributed by atoms with van der Waals surface area (Å²) in [4.78, 5) is 6.49. The molecule has 0 spiro atoms. The van der Waals surface area contributed by atoms with Crippen molar-refractivity contribution < 1.29 is 4.74 Å². The second-order valence-electron chi connectivity index (χ2n) is 5.12. The quantitative estimate of drug-likeness (QED) is 0.847. The summed E-state index contributed by atoms with van der Waals surface area (Å²) in [6, 6.07) is 8.29. The Balaban J connectivity index is 2.10. The van der Waals surface area contributed by atoms with E-state index in [0.717, 1.165) is 24.5 Å². The van der Waals surface area contributed by atoms with E-state index >= 15 is 0 Å². The molecule has 0 aliphatic heterocycles. The van der Waals surface area contributed by atoms with Crippen molar-refractivity contribution in [1.82, 2.24) is 14.5 Å². The van der Waals surface area contributed by atoms with Gasteiger partial charge in [0.2, 0.25) is 0 Å². The number of nitrogens with zero attached hydrogens (tertiary/aromatic N) is 3. The topological polar surface area (TPSA) is 56.3 Å². The molecule has 5 nitrogen and oxygen atoms in total. The Bertz CT molecular complexity index is 550. The molecule has 0 bridgehead atoms. The Morgan fingerprint density at radius 1 is 1.33 bits per heavy atom. The van der Waals surface area contributed by atoms with Gasteiger partial charge < -0.3 is 15.0 Å². The van der Waals surface area contributed by atoms with E-state index in [9.17, 15) is 0 Å². The van der Waals surface area contributed by atoms with Crippen LogP contribution >= 0.6 is 0 Å². The molecule has 0 aliphatic rings. The predicted molar refractivity (Wildman–Crippen MR) is 84.2 cm³/mol. The van der Waals surface area contributed by atoms with Crippen LogP contribution in [0.1, 0.15) is 24.2 Å². The van der Waals surface area contributed by atoms with Crippen LogP contribution in [0.15, 0.2) is 36.8 Å². The fraction of sp³-hybridized carbons (Fsp3) is 0.438. The van der Waals surface area contributed by atoms with Crippen molar-refractivity contribution >= 4 is 0 Å². The minimum absolute atomic E-state index is 0.162. The number of aryl methyl sites for hydroxylation is 1. The zero-order valence-electron chi connectivity index (χ0n) is 13.0. The molecule has 1 atom stereocenters. The Kier molecular flexibility index (Phi) is 5.36. The highest BCUT2D eigenvalue weighted by atomic mass is 16.5. The van der Waals surface area contributed by atoms with Crippen molar-refractivity contribution in [3.05, 3.63) is 48.0 Å². The molecule has 0 radical (unpaired) electrons. The van der Waals surface area contributed by atoms with Gasteiger partial charge in [-0.25, -0.2) is 4.98 Å². The maximum absolute atomic E-state index is 5.99. The molecule has 21 heavy (non-hydrogen) atoms. The molecular formula is C16H24N4O. The number of imidazole rings is 1. The van der Waals surface area contributed by atoms with E-state index in [1.165, 1.54) is 5.56 Å². The number of nitrogens with two attached hydrogens (primary N) is 1. The summed E-state index contributed by atoms with van der Waals surface area (Å²) in [7, 11) is 3.77. The molecule has 114 valence electrons. The Labute approximate surface area is 126 Å². The standard InChI is InChI=1S/C16H24N4O/c1-4-20-12-18-10-16(20)15(9-17)19(2)11-13-5-7-14(21-3)8-6-13/h5-8,10,12,15H,4,9,11,17H2,1-3H3. The van der Waals surface area contributed by atoms with E-state index in [0.29, 0.717) is 6.54 Å². The average molecular weight is 288 g/mol. The summed E-state index contributed by atoms with van der Waals surface area (Å²) in [6.07, 6.45) is 3.77. The maximum atomic E-state index is 5.99. The Morgan fingerprint density at radius 3 is 2.62 bits per heavy atom. The number of methoxy groups -OCH3 is 1. The summed E-state index contributed by atoms with van der Waals surface area (Å²) in [5, 5.41) is 0. The molecule has 1 unspecified atom stereocenters. The molecule has 1 aromatic carbocycles. The van der Waals surface area contributed by atoms with Gasteiger partial charge in [-0.1, -0.05) is 12.1 Å². The third-order valence-corrected chi connectivity index (χ3v) is 3.77. The van der Waals surface area contributed by atoms with Crippen molar-refractivity contribution in [3.8, 4) is 5.75 Å². The molecule has 5 heteroatoms. The van der Waals surface area contributed by atoms with Crippen LogP contribution in [0.2, 0.25) is 0 Å². The predicted octanol–water partition coefficient (Wildman–Crippen LogP) is 2.04. The summed E-state index contributed by atoms with van der Waals surface area (Å²) < 4.78 is 7.33. The Hall–Kier alpha value is -1.85. The average Bonchev–Trinajstić information content (AvgIpc) is 2.97. The molecule has 0 saturated carbocycles. The van der Waals surface area contributed by atoms with Gasteiger partial charge in [-0.3, -0.25) is 4.90 Å². The van der Waals surface area contributed by atoms with Gasteiger partial charge in [-0.05, 0) is 31.7 Å². The second-order valence-corrected chi connectivity index (χ2v) is 5.12. The highest BCUT2D eigenvalue weighted by Gasteiger charge is 2.19. The lowest BCUT2D eigenvalue weighted by molar-refractivity contribution is 0.232. The lowest BCUT2D eigenvalue weighted by atomic mass is 10.1. The number of benzene rings is 1. The number of aromatic nitrogens is 2. The summed E-state index contributed by atoms with van der Waals surface area (Å²) in [5.41, 5.74) is 8.38. The van der Waals surface area contributed by atoms with Crippen LogP contribution in [-0.2, 0) is 13.1 Å². The van der Waals surface area contributed by atoms with Gasteiger partial charge in [0.15, 0.2) is 0 Å². The van der Waals surface area contributed by atoms with Crippen LogP contribution in [-0.4, -0.2) is 35.2 Å². The van der Waals surface area contributed by atoms with Crippen molar-refractivity contribution in [2.75, 3.05) is 20.7 Å². The molecule has 2 rings (SSSR count). The van der Waals surface area contributed by atoms with Crippen molar-refractivity contribution in [2.45, 2.75) is 26.1 Å². The molecular weight excluding hydrogens is 264 g/mol. The zero-order valence-corrected chi connectivity index (χ0v) is 13.0. The highest BCUT2D eigenvalue weighted by Crippen LogP contribution is 2.21. The smallest absolute Gasteiger partial charge is 0.118 e. The minimum atomic E-state index is 0.162. The molecule has 1 heterocycles. The monoisotopic (exact) mass is 288 g/mol. The number of likely N-dealkylation sites (N-methyl/N-ethyl adjacent to an activating group) is 1. The fourth-order valence-corrected chi connectivity index (χ4v) is 2.53. The van der Waals surface area contributed by atoms with Gasteiger partial charge >= 0.3 is 0 Å². The molecule has 0 fully saturated rings. The summed E-state index contributed by atoms with van der Waals surface area (Å²) in [5.74, 6) is 0.876. The third-order valence-electron chi connectivity index (χ3n) is 3.77. The summed E-state index contributed by atoms with van der Waals surface area (Å²) in [6.45, 7) is 4.42. The molecule has 0 aliphatic carbocycles. The van der Waals surface area contributed by atoms with Crippen molar-refractivity contribution in [3.63, 3.8) is 0 Å². The van der Waals surface area contributed by atoms with Crippen molar-refractivity contribution in [1.29, 1.82) is 0 Å². The van der Waals surface area contributed by atoms with Gasteiger partial charge in [-0.15, -0.1) is 0 Å². The van der Waals surface area contributed by atoms with Crippen LogP contribution in [0.25, 0.3) is 0 Å². The second kappa shape index (κ2) is 7.24. The van der Waals surface area contributed by atoms with Gasteiger partial charge in [0.1, 0.15) is 5.75 Å². The molecule has 0 amide bonds. The van der Waals surface area contributed by atoms with Crippen LogP contribution < -0.4 is 10.5 Å². The first-order valence-corrected chi connectivity index (χ1v) is 7.22. The lowest BCUT2D eigenvalue weighted by Crippen LogP contribution is -2.31. The molecule has 0 saturated heterocycles. The first-order valence-electron chi connectivity index (χ1n) is 7.22. The zero-order chi connectivity index (χ0) is 15.2. The highest BCUT2D eigenvalue weighted by molar-refractivity contribution is 5.27. The molecule has 1 aromatic heterocycles. The molecule has 2 aromatic rings. The van der Waals surface area contributed by atoms with Crippen LogP contribution in [0.5, 0.6) is 5.75 Å². The number of rotatable bonds is 7. The SMILES string of the molecule is CCn1cncc1C(CN)N(C)Cc1ccc(OC)cc1. The maximum Gasteiger partial charge on any atom is 0.118 e. The fourth-order valence-electron chi connectivity index (χ4n) is 2.53. The third kappa shape index (κ3) is 3.62. The number of hydrogen-bond acceptors (Lipinski definition) is 4. The van der Waals surface area contributed by atoms with E-state index in [2.05, 4.69) is 40.6 Å². The Morgan fingerprint density at radius 2 is 2.05 bits per heavy atom. The van der Waals surface area contributed by atoms with Crippen molar-refractivity contribution in [2.24, 2.45) is 5.73 Å². The van der Waals surface area contributed by atoms with E-state index in [4.69, 9.17) is 10.5 Å². The normalized spacial score (nSPS) is 12.6.